The van der Waals surface area contributed by atoms with Crippen molar-refractivity contribution in [3.05, 3.63) is 23.0 Å². The molecule has 0 unspecified atom stereocenters. The number of carbonyl (C=O) groups excluding carboxylic acids is 1. The maximum absolute atomic E-state index is 12.9. The lowest BCUT2D eigenvalue weighted by atomic mass is 10.1. The number of carbonyl (C=O) groups is 1. The molecule has 0 fully saturated rings. The van der Waals surface area contributed by atoms with E-state index in [9.17, 15) is 9.90 Å². The SMILES string of the molecule is CCN(CC(C)(C)O)C(=O)c1cc(C)nc2c1c(C)nn2C. The molecule has 2 aromatic heterocycles. The number of nitrogens with zero attached hydrogens (tertiary/aromatic N) is 4. The third-order valence-corrected chi connectivity index (χ3v) is 3.57. The third-order valence-electron chi connectivity index (χ3n) is 3.57. The van der Waals surface area contributed by atoms with Crippen LogP contribution in [0.1, 0.15) is 42.5 Å². The van der Waals surface area contributed by atoms with E-state index in [0.717, 1.165) is 16.8 Å². The van der Waals surface area contributed by atoms with E-state index in [1.165, 1.54) is 0 Å². The van der Waals surface area contributed by atoms with E-state index < -0.39 is 5.60 Å². The van der Waals surface area contributed by atoms with Crippen LogP contribution in [0, 0.1) is 13.8 Å². The molecule has 6 nitrogen and oxygen atoms in total. The summed E-state index contributed by atoms with van der Waals surface area (Å²) >= 11 is 0. The molecule has 0 aromatic carbocycles. The van der Waals surface area contributed by atoms with Gasteiger partial charge in [-0.25, -0.2) is 4.98 Å². The number of likely N-dealkylation sites (N-methyl/N-ethyl adjacent to an activating group) is 1. The maximum atomic E-state index is 12.9. The van der Waals surface area contributed by atoms with Crippen LogP contribution in [0.15, 0.2) is 6.07 Å². The van der Waals surface area contributed by atoms with Crippen molar-refractivity contribution in [2.45, 2.75) is 40.2 Å². The molecule has 0 saturated heterocycles. The Bertz CT molecular complexity index is 713. The molecule has 0 radical (unpaired) electrons. The zero-order chi connectivity index (χ0) is 16.7. The first-order chi connectivity index (χ1) is 10.1. The summed E-state index contributed by atoms with van der Waals surface area (Å²) in [5, 5.41) is 15.2. The number of pyridine rings is 1. The van der Waals surface area contributed by atoms with Gasteiger partial charge in [0, 0.05) is 25.8 Å². The first kappa shape index (κ1) is 16.4. The Morgan fingerprint density at radius 1 is 1.41 bits per heavy atom. The number of aliphatic hydroxyl groups is 1. The van der Waals surface area contributed by atoms with E-state index in [1.54, 1.807) is 29.5 Å². The van der Waals surface area contributed by atoms with Crippen LogP contribution in [0.4, 0.5) is 0 Å². The highest BCUT2D eigenvalue weighted by atomic mass is 16.3. The van der Waals surface area contributed by atoms with Gasteiger partial charge in [-0.15, -0.1) is 0 Å². The zero-order valence-corrected chi connectivity index (χ0v) is 14.1. The Morgan fingerprint density at radius 3 is 2.59 bits per heavy atom. The van der Waals surface area contributed by atoms with Gasteiger partial charge in [-0.05, 0) is 40.7 Å². The summed E-state index contributed by atoms with van der Waals surface area (Å²) in [7, 11) is 1.82. The van der Waals surface area contributed by atoms with Crippen molar-refractivity contribution >= 4 is 16.9 Å². The Hall–Kier alpha value is -1.95. The van der Waals surface area contributed by atoms with Gasteiger partial charge in [-0.2, -0.15) is 5.10 Å². The van der Waals surface area contributed by atoms with Crippen LogP contribution < -0.4 is 0 Å². The van der Waals surface area contributed by atoms with Crippen LogP contribution in [-0.2, 0) is 7.05 Å². The summed E-state index contributed by atoms with van der Waals surface area (Å²) in [6.07, 6.45) is 0. The average Bonchev–Trinajstić information content (AvgIpc) is 2.68. The molecule has 0 saturated carbocycles. The second-order valence-electron chi connectivity index (χ2n) is 6.35. The van der Waals surface area contributed by atoms with Gasteiger partial charge in [0.2, 0.25) is 0 Å². The average molecular weight is 304 g/mol. The van der Waals surface area contributed by atoms with Crippen molar-refractivity contribution in [1.29, 1.82) is 0 Å². The van der Waals surface area contributed by atoms with Gasteiger partial charge in [-0.1, -0.05) is 0 Å². The number of fused-ring (bicyclic) bond motifs is 1. The van der Waals surface area contributed by atoms with Gasteiger partial charge in [0.15, 0.2) is 5.65 Å². The molecule has 0 aliphatic heterocycles. The predicted octanol–water partition coefficient (Wildman–Crippen LogP) is 1.82. The van der Waals surface area contributed by atoms with Crippen molar-refractivity contribution in [2.75, 3.05) is 13.1 Å². The molecular weight excluding hydrogens is 280 g/mol. The summed E-state index contributed by atoms with van der Waals surface area (Å²) in [4.78, 5) is 19.1. The fourth-order valence-corrected chi connectivity index (χ4v) is 2.70. The smallest absolute Gasteiger partial charge is 0.254 e. The van der Waals surface area contributed by atoms with Crippen LogP contribution >= 0.6 is 0 Å². The lowest BCUT2D eigenvalue weighted by Crippen LogP contribution is -2.42. The van der Waals surface area contributed by atoms with Crippen molar-refractivity contribution in [3.63, 3.8) is 0 Å². The lowest BCUT2D eigenvalue weighted by molar-refractivity contribution is 0.0315. The van der Waals surface area contributed by atoms with Crippen molar-refractivity contribution < 1.29 is 9.90 Å². The van der Waals surface area contributed by atoms with E-state index >= 15 is 0 Å². The second-order valence-corrected chi connectivity index (χ2v) is 6.35. The summed E-state index contributed by atoms with van der Waals surface area (Å²) in [5.41, 5.74) is 1.93. The van der Waals surface area contributed by atoms with E-state index in [2.05, 4.69) is 10.1 Å². The van der Waals surface area contributed by atoms with Crippen molar-refractivity contribution in [1.82, 2.24) is 19.7 Å². The summed E-state index contributed by atoms with van der Waals surface area (Å²) in [5.74, 6) is -0.101. The Morgan fingerprint density at radius 2 is 2.05 bits per heavy atom. The minimum Gasteiger partial charge on any atom is -0.389 e. The molecule has 22 heavy (non-hydrogen) atoms. The van der Waals surface area contributed by atoms with Crippen LogP contribution in [-0.4, -0.2) is 49.4 Å². The van der Waals surface area contributed by atoms with Crippen LogP contribution in [0.5, 0.6) is 0 Å². The van der Waals surface area contributed by atoms with E-state index in [4.69, 9.17) is 0 Å². The standard InChI is InChI=1S/C16H24N4O2/c1-7-20(9-16(4,5)22)15(21)12-8-10(2)17-14-13(12)11(3)18-19(14)6/h8,22H,7,9H2,1-6H3. The van der Waals surface area contributed by atoms with Crippen LogP contribution in [0.3, 0.4) is 0 Å². The van der Waals surface area contributed by atoms with Crippen LogP contribution in [0.2, 0.25) is 0 Å². The monoisotopic (exact) mass is 304 g/mol. The highest BCUT2D eigenvalue weighted by Gasteiger charge is 2.25. The largest absolute Gasteiger partial charge is 0.389 e. The van der Waals surface area contributed by atoms with Crippen LogP contribution in [0.25, 0.3) is 11.0 Å². The van der Waals surface area contributed by atoms with Gasteiger partial charge in [0.05, 0.1) is 22.2 Å². The molecule has 2 aromatic rings. The number of aromatic nitrogens is 3. The summed E-state index contributed by atoms with van der Waals surface area (Å²) in [6.45, 7) is 9.87. The molecular formula is C16H24N4O2. The van der Waals surface area contributed by atoms with Gasteiger partial charge < -0.3 is 10.0 Å². The first-order valence-electron chi connectivity index (χ1n) is 7.46. The Labute approximate surface area is 130 Å². The lowest BCUT2D eigenvalue weighted by Gasteiger charge is -2.28. The topological polar surface area (TPSA) is 71.2 Å². The molecule has 1 N–H and O–H groups in total. The maximum Gasteiger partial charge on any atom is 0.254 e. The highest BCUT2D eigenvalue weighted by Crippen LogP contribution is 2.23. The zero-order valence-electron chi connectivity index (χ0n) is 14.1. The Kier molecular flexibility index (Phi) is 4.24. The third kappa shape index (κ3) is 3.11. The summed E-state index contributed by atoms with van der Waals surface area (Å²) in [6, 6.07) is 1.80. The molecule has 1 amide bonds. The van der Waals surface area contributed by atoms with Gasteiger partial charge >= 0.3 is 0 Å². The van der Waals surface area contributed by atoms with E-state index in [1.807, 2.05) is 27.8 Å². The fraction of sp³-hybridized carbons (Fsp3) is 0.562. The fourth-order valence-electron chi connectivity index (χ4n) is 2.70. The molecule has 0 spiro atoms. The number of hydrogen-bond acceptors (Lipinski definition) is 4. The van der Waals surface area contributed by atoms with Gasteiger partial charge in [-0.3, -0.25) is 9.48 Å². The molecule has 6 heteroatoms. The van der Waals surface area contributed by atoms with Gasteiger partial charge in [0.25, 0.3) is 5.91 Å². The van der Waals surface area contributed by atoms with Crippen molar-refractivity contribution in [2.24, 2.45) is 7.05 Å². The number of amides is 1. The van der Waals surface area contributed by atoms with Gasteiger partial charge in [0.1, 0.15) is 0 Å². The molecule has 0 aliphatic carbocycles. The molecule has 2 heterocycles. The van der Waals surface area contributed by atoms with Crippen molar-refractivity contribution in [3.8, 4) is 0 Å². The molecule has 0 atom stereocenters. The number of hydrogen-bond donors (Lipinski definition) is 1. The normalized spacial score (nSPS) is 12.0. The second kappa shape index (κ2) is 5.68. The number of rotatable bonds is 4. The number of aryl methyl sites for hydroxylation is 3. The minimum absolute atomic E-state index is 0.101. The Balaban J connectivity index is 2.55. The molecule has 0 aliphatic rings. The highest BCUT2D eigenvalue weighted by molar-refractivity contribution is 6.06. The first-order valence-corrected chi connectivity index (χ1v) is 7.46. The minimum atomic E-state index is -0.934. The molecule has 120 valence electrons. The predicted molar refractivity (Wildman–Crippen MR) is 85.9 cm³/mol. The van der Waals surface area contributed by atoms with E-state index in [0.29, 0.717) is 17.8 Å². The molecule has 0 bridgehead atoms. The van der Waals surface area contributed by atoms with E-state index in [-0.39, 0.29) is 12.5 Å². The molecule has 2 rings (SSSR count). The quantitative estimate of drug-likeness (QED) is 0.935. The summed E-state index contributed by atoms with van der Waals surface area (Å²) < 4.78 is 1.70.